The Balaban J connectivity index is 1.97. The number of benzene rings is 1. The summed E-state index contributed by atoms with van der Waals surface area (Å²) in [5, 5.41) is 3.49. The van der Waals surface area contributed by atoms with Crippen molar-refractivity contribution in [1.29, 1.82) is 0 Å². The van der Waals surface area contributed by atoms with E-state index < -0.39 is 0 Å². The van der Waals surface area contributed by atoms with Crippen LogP contribution < -0.4 is 14.8 Å². The van der Waals surface area contributed by atoms with Crippen LogP contribution in [0, 0.1) is 5.92 Å². The second-order valence-corrected chi connectivity index (χ2v) is 6.36. The summed E-state index contributed by atoms with van der Waals surface area (Å²) in [6.45, 7) is 7.96. The van der Waals surface area contributed by atoms with Gasteiger partial charge in [-0.25, -0.2) is 0 Å². The Labute approximate surface area is 145 Å². The van der Waals surface area contributed by atoms with Crippen molar-refractivity contribution in [2.45, 2.75) is 39.8 Å². The minimum atomic E-state index is 0.200. The zero-order chi connectivity index (χ0) is 17.4. The number of methoxy groups -OCH3 is 1. The van der Waals surface area contributed by atoms with Crippen molar-refractivity contribution in [2.75, 3.05) is 13.7 Å². The topological polar surface area (TPSA) is 43.4 Å². The second-order valence-electron chi connectivity index (χ2n) is 6.36. The van der Waals surface area contributed by atoms with E-state index in [1.54, 1.807) is 7.11 Å². The maximum Gasteiger partial charge on any atom is 0.161 e. The molecule has 1 aromatic heterocycles. The summed E-state index contributed by atoms with van der Waals surface area (Å²) in [4.78, 5) is 4.33. The number of hydrogen-bond acceptors (Lipinski definition) is 4. The minimum Gasteiger partial charge on any atom is -0.493 e. The quantitative estimate of drug-likeness (QED) is 0.742. The van der Waals surface area contributed by atoms with Crippen molar-refractivity contribution in [3.8, 4) is 11.5 Å². The van der Waals surface area contributed by atoms with E-state index in [4.69, 9.17) is 9.47 Å². The molecule has 0 aliphatic heterocycles. The number of ether oxygens (including phenoxy) is 2. The SMILES string of the molecule is COc1cc(C(C)NCc2ccccn2)ccc1OCCC(C)C. The molecule has 1 atom stereocenters. The van der Waals surface area contributed by atoms with Crippen LogP contribution in [0.15, 0.2) is 42.6 Å². The molecule has 0 aliphatic carbocycles. The monoisotopic (exact) mass is 328 g/mol. The van der Waals surface area contributed by atoms with Gasteiger partial charge < -0.3 is 14.8 Å². The van der Waals surface area contributed by atoms with Crippen molar-refractivity contribution >= 4 is 0 Å². The summed E-state index contributed by atoms with van der Waals surface area (Å²) < 4.78 is 11.3. The number of nitrogens with zero attached hydrogens (tertiary/aromatic N) is 1. The molecular weight excluding hydrogens is 300 g/mol. The predicted octanol–water partition coefficient (Wildman–Crippen LogP) is 4.37. The number of pyridine rings is 1. The van der Waals surface area contributed by atoms with Gasteiger partial charge in [0.1, 0.15) is 0 Å². The largest absolute Gasteiger partial charge is 0.493 e. The van der Waals surface area contributed by atoms with E-state index in [0.717, 1.165) is 30.2 Å². The summed E-state index contributed by atoms with van der Waals surface area (Å²) in [6, 6.07) is 12.3. The fourth-order valence-electron chi connectivity index (χ4n) is 2.36. The Kier molecular flexibility index (Phi) is 7.07. The molecule has 1 N–H and O–H groups in total. The van der Waals surface area contributed by atoms with E-state index in [1.165, 1.54) is 5.56 Å². The highest BCUT2D eigenvalue weighted by Gasteiger charge is 2.11. The Morgan fingerprint density at radius 1 is 1.08 bits per heavy atom. The van der Waals surface area contributed by atoms with Gasteiger partial charge in [-0.05, 0) is 49.1 Å². The van der Waals surface area contributed by atoms with Gasteiger partial charge in [0.15, 0.2) is 11.5 Å². The molecule has 130 valence electrons. The average molecular weight is 328 g/mol. The third-order valence-electron chi connectivity index (χ3n) is 3.96. The zero-order valence-corrected chi connectivity index (χ0v) is 15.1. The maximum atomic E-state index is 5.85. The molecule has 0 saturated carbocycles. The van der Waals surface area contributed by atoms with E-state index in [1.807, 2.05) is 36.5 Å². The van der Waals surface area contributed by atoms with Crippen LogP contribution in [0.2, 0.25) is 0 Å². The molecule has 4 nitrogen and oxygen atoms in total. The lowest BCUT2D eigenvalue weighted by Gasteiger charge is -2.17. The summed E-state index contributed by atoms with van der Waals surface area (Å²) in [6.07, 6.45) is 2.85. The molecule has 0 bridgehead atoms. The van der Waals surface area contributed by atoms with E-state index in [2.05, 4.69) is 37.1 Å². The summed E-state index contributed by atoms with van der Waals surface area (Å²) in [5.74, 6) is 2.22. The lowest BCUT2D eigenvalue weighted by atomic mass is 10.1. The molecular formula is C20H28N2O2. The zero-order valence-electron chi connectivity index (χ0n) is 15.1. The Hall–Kier alpha value is -2.07. The Morgan fingerprint density at radius 2 is 1.92 bits per heavy atom. The smallest absolute Gasteiger partial charge is 0.161 e. The highest BCUT2D eigenvalue weighted by molar-refractivity contribution is 5.43. The lowest BCUT2D eigenvalue weighted by Crippen LogP contribution is -2.18. The van der Waals surface area contributed by atoms with Gasteiger partial charge in [-0.15, -0.1) is 0 Å². The minimum absolute atomic E-state index is 0.200. The fraction of sp³-hybridized carbons (Fsp3) is 0.450. The van der Waals surface area contributed by atoms with Crippen LogP contribution in [0.25, 0.3) is 0 Å². The van der Waals surface area contributed by atoms with Crippen LogP contribution in [0.4, 0.5) is 0 Å². The third kappa shape index (κ3) is 5.53. The van der Waals surface area contributed by atoms with Crippen LogP contribution >= 0.6 is 0 Å². The molecule has 0 aliphatic rings. The number of nitrogens with one attached hydrogen (secondary N) is 1. The van der Waals surface area contributed by atoms with Gasteiger partial charge in [-0.1, -0.05) is 26.0 Å². The number of rotatable bonds is 9. The number of hydrogen-bond donors (Lipinski definition) is 1. The lowest BCUT2D eigenvalue weighted by molar-refractivity contribution is 0.272. The van der Waals surface area contributed by atoms with Crippen LogP contribution in [0.1, 0.15) is 44.5 Å². The van der Waals surface area contributed by atoms with E-state index in [0.29, 0.717) is 12.5 Å². The first-order valence-electron chi connectivity index (χ1n) is 8.54. The van der Waals surface area contributed by atoms with Crippen molar-refractivity contribution in [2.24, 2.45) is 5.92 Å². The molecule has 0 spiro atoms. The van der Waals surface area contributed by atoms with Gasteiger partial charge in [0.2, 0.25) is 0 Å². The van der Waals surface area contributed by atoms with Gasteiger partial charge in [0, 0.05) is 18.8 Å². The molecule has 1 unspecified atom stereocenters. The predicted molar refractivity (Wildman–Crippen MR) is 97.4 cm³/mol. The highest BCUT2D eigenvalue weighted by atomic mass is 16.5. The van der Waals surface area contributed by atoms with Gasteiger partial charge in [-0.2, -0.15) is 0 Å². The molecule has 0 amide bonds. The van der Waals surface area contributed by atoms with Crippen LogP contribution in [-0.4, -0.2) is 18.7 Å². The van der Waals surface area contributed by atoms with Crippen molar-refractivity contribution in [1.82, 2.24) is 10.3 Å². The van der Waals surface area contributed by atoms with Crippen LogP contribution in [0.3, 0.4) is 0 Å². The van der Waals surface area contributed by atoms with Crippen LogP contribution in [0.5, 0.6) is 11.5 Å². The molecule has 24 heavy (non-hydrogen) atoms. The molecule has 2 aromatic rings. The molecule has 4 heteroatoms. The molecule has 1 heterocycles. The first-order chi connectivity index (χ1) is 11.6. The normalized spacial score (nSPS) is 12.2. The van der Waals surface area contributed by atoms with E-state index in [-0.39, 0.29) is 6.04 Å². The molecule has 0 radical (unpaired) electrons. The Bertz CT molecular complexity index is 614. The number of aromatic nitrogens is 1. The Morgan fingerprint density at radius 3 is 2.58 bits per heavy atom. The second kappa shape index (κ2) is 9.28. The van der Waals surface area contributed by atoms with Gasteiger partial charge in [-0.3, -0.25) is 4.98 Å². The summed E-state index contributed by atoms with van der Waals surface area (Å²) in [7, 11) is 1.68. The maximum absolute atomic E-state index is 5.85. The van der Waals surface area contributed by atoms with Gasteiger partial charge in [0.25, 0.3) is 0 Å². The summed E-state index contributed by atoms with van der Waals surface area (Å²) >= 11 is 0. The van der Waals surface area contributed by atoms with Crippen molar-refractivity contribution in [3.05, 3.63) is 53.9 Å². The van der Waals surface area contributed by atoms with Crippen molar-refractivity contribution in [3.63, 3.8) is 0 Å². The molecule has 0 fully saturated rings. The van der Waals surface area contributed by atoms with Crippen molar-refractivity contribution < 1.29 is 9.47 Å². The van der Waals surface area contributed by atoms with Gasteiger partial charge >= 0.3 is 0 Å². The first-order valence-corrected chi connectivity index (χ1v) is 8.54. The molecule has 0 saturated heterocycles. The standard InChI is InChI=1S/C20H28N2O2/c1-15(2)10-12-24-19-9-8-17(13-20(19)23-4)16(3)22-14-18-7-5-6-11-21-18/h5-9,11,13,15-16,22H,10,12,14H2,1-4H3. The highest BCUT2D eigenvalue weighted by Crippen LogP contribution is 2.30. The average Bonchev–Trinajstić information content (AvgIpc) is 2.60. The first kappa shape index (κ1) is 18.3. The molecule has 2 rings (SSSR count). The fourth-order valence-corrected chi connectivity index (χ4v) is 2.36. The van der Waals surface area contributed by atoms with E-state index >= 15 is 0 Å². The third-order valence-corrected chi connectivity index (χ3v) is 3.96. The summed E-state index contributed by atoms with van der Waals surface area (Å²) in [5.41, 5.74) is 2.20. The van der Waals surface area contributed by atoms with Crippen LogP contribution in [-0.2, 0) is 6.54 Å². The van der Waals surface area contributed by atoms with E-state index in [9.17, 15) is 0 Å². The van der Waals surface area contributed by atoms with Gasteiger partial charge in [0.05, 0.1) is 19.4 Å². The molecule has 1 aromatic carbocycles.